The summed E-state index contributed by atoms with van der Waals surface area (Å²) in [6, 6.07) is 26.0. The molecule has 0 atom stereocenters. The number of carbonyl (C=O) groups excluding carboxylic acids is 2. The van der Waals surface area contributed by atoms with Gasteiger partial charge in [-0.05, 0) is 77.1 Å². The molecule has 168 valence electrons. The molecule has 0 aliphatic heterocycles. The molecule has 0 fully saturated rings. The molecular formula is C27H20FN3O2S. The number of hydrogen-bond acceptors (Lipinski definition) is 3. The zero-order chi connectivity index (χ0) is 23.9. The Hall–Kier alpha value is -4.36. The van der Waals surface area contributed by atoms with E-state index < -0.39 is 0 Å². The summed E-state index contributed by atoms with van der Waals surface area (Å²) in [5.41, 5.74) is 2.31. The van der Waals surface area contributed by atoms with Gasteiger partial charge in [-0.1, -0.05) is 48.5 Å². The largest absolute Gasteiger partial charge is 0.332 e. The zero-order valence-electron chi connectivity index (χ0n) is 17.9. The molecule has 4 aromatic carbocycles. The summed E-state index contributed by atoms with van der Waals surface area (Å²) < 4.78 is 13.0. The van der Waals surface area contributed by atoms with Crippen LogP contribution in [0, 0.1) is 5.82 Å². The summed E-state index contributed by atoms with van der Waals surface area (Å²) in [5, 5.41) is 10.4. The van der Waals surface area contributed by atoms with Crippen LogP contribution in [0.15, 0.2) is 97.1 Å². The SMILES string of the molecule is O=C(/C=C/c1cccc2ccccc12)NC(=S)Nc1cccc(C(=O)Nc2ccc(F)cc2)c1. The Bertz CT molecular complexity index is 1400. The van der Waals surface area contributed by atoms with Gasteiger partial charge in [0.1, 0.15) is 5.82 Å². The molecule has 0 radical (unpaired) electrons. The van der Waals surface area contributed by atoms with Gasteiger partial charge in [-0.3, -0.25) is 14.9 Å². The highest BCUT2D eigenvalue weighted by Crippen LogP contribution is 2.19. The van der Waals surface area contributed by atoms with E-state index in [9.17, 15) is 14.0 Å². The number of benzene rings is 4. The van der Waals surface area contributed by atoms with Gasteiger partial charge >= 0.3 is 0 Å². The van der Waals surface area contributed by atoms with Crippen molar-refractivity contribution in [1.29, 1.82) is 0 Å². The molecule has 0 saturated heterocycles. The van der Waals surface area contributed by atoms with Gasteiger partial charge in [-0.2, -0.15) is 0 Å². The van der Waals surface area contributed by atoms with Gasteiger partial charge < -0.3 is 10.6 Å². The second-order valence-corrected chi connectivity index (χ2v) is 7.80. The normalized spacial score (nSPS) is 10.7. The van der Waals surface area contributed by atoms with Gasteiger partial charge in [-0.25, -0.2) is 4.39 Å². The Morgan fingerprint density at radius 3 is 2.35 bits per heavy atom. The average Bonchev–Trinajstić information content (AvgIpc) is 2.84. The Labute approximate surface area is 201 Å². The quantitative estimate of drug-likeness (QED) is 0.257. The van der Waals surface area contributed by atoms with Crippen molar-refractivity contribution in [1.82, 2.24) is 5.32 Å². The van der Waals surface area contributed by atoms with Gasteiger partial charge in [-0.15, -0.1) is 0 Å². The van der Waals surface area contributed by atoms with Crippen molar-refractivity contribution >= 4 is 57.4 Å². The molecule has 34 heavy (non-hydrogen) atoms. The van der Waals surface area contributed by atoms with Crippen molar-refractivity contribution < 1.29 is 14.0 Å². The molecule has 7 heteroatoms. The van der Waals surface area contributed by atoms with Crippen molar-refractivity contribution in [2.45, 2.75) is 0 Å². The highest BCUT2D eigenvalue weighted by Gasteiger charge is 2.09. The first kappa shape index (κ1) is 22.8. The lowest BCUT2D eigenvalue weighted by atomic mass is 10.0. The van der Waals surface area contributed by atoms with Crippen molar-refractivity contribution in [2.75, 3.05) is 10.6 Å². The van der Waals surface area contributed by atoms with E-state index in [0.29, 0.717) is 16.9 Å². The van der Waals surface area contributed by atoms with Crippen LogP contribution in [0.5, 0.6) is 0 Å². The van der Waals surface area contributed by atoms with Gasteiger partial charge in [0.2, 0.25) is 5.91 Å². The van der Waals surface area contributed by atoms with Crippen molar-refractivity contribution in [3.05, 3.63) is 114 Å². The van der Waals surface area contributed by atoms with Crippen molar-refractivity contribution in [2.24, 2.45) is 0 Å². The number of amides is 2. The van der Waals surface area contributed by atoms with Gasteiger partial charge in [0, 0.05) is 23.0 Å². The minimum Gasteiger partial charge on any atom is -0.332 e. The molecule has 0 spiro atoms. The Kier molecular flexibility index (Phi) is 7.05. The number of anilines is 2. The fourth-order valence-corrected chi connectivity index (χ4v) is 3.57. The maximum Gasteiger partial charge on any atom is 0.255 e. The monoisotopic (exact) mass is 469 g/mol. The summed E-state index contributed by atoms with van der Waals surface area (Å²) in [4.78, 5) is 24.8. The van der Waals surface area contributed by atoms with Gasteiger partial charge in [0.05, 0.1) is 0 Å². The summed E-state index contributed by atoms with van der Waals surface area (Å²) in [7, 11) is 0. The number of fused-ring (bicyclic) bond motifs is 1. The highest BCUT2D eigenvalue weighted by molar-refractivity contribution is 7.80. The molecular weight excluding hydrogens is 449 g/mol. The van der Waals surface area contributed by atoms with E-state index in [1.165, 1.54) is 30.3 Å². The third kappa shape index (κ3) is 5.90. The molecule has 0 saturated carbocycles. The maximum atomic E-state index is 13.0. The molecule has 3 N–H and O–H groups in total. The van der Waals surface area contributed by atoms with Crippen LogP contribution in [-0.2, 0) is 4.79 Å². The number of halogens is 1. The molecule has 4 aromatic rings. The highest BCUT2D eigenvalue weighted by atomic mass is 32.1. The Morgan fingerprint density at radius 2 is 1.53 bits per heavy atom. The second kappa shape index (κ2) is 10.5. The fraction of sp³-hybridized carbons (Fsp3) is 0. The van der Waals surface area contributed by atoms with E-state index in [4.69, 9.17) is 12.2 Å². The number of nitrogens with one attached hydrogen (secondary N) is 3. The van der Waals surface area contributed by atoms with Crippen LogP contribution in [0.25, 0.3) is 16.8 Å². The molecule has 2 amide bonds. The topological polar surface area (TPSA) is 70.2 Å². The van der Waals surface area contributed by atoms with E-state index in [0.717, 1.165) is 16.3 Å². The first-order valence-electron chi connectivity index (χ1n) is 10.4. The van der Waals surface area contributed by atoms with Crippen LogP contribution in [0.3, 0.4) is 0 Å². The zero-order valence-corrected chi connectivity index (χ0v) is 18.7. The van der Waals surface area contributed by atoms with Crippen LogP contribution in [0.2, 0.25) is 0 Å². The molecule has 0 aromatic heterocycles. The minimum absolute atomic E-state index is 0.101. The summed E-state index contributed by atoms with van der Waals surface area (Å²) in [5.74, 6) is -1.12. The maximum absolute atomic E-state index is 13.0. The third-order valence-corrected chi connectivity index (χ3v) is 5.16. The Morgan fingerprint density at radius 1 is 0.794 bits per heavy atom. The van der Waals surface area contributed by atoms with Crippen LogP contribution in [0.1, 0.15) is 15.9 Å². The van der Waals surface area contributed by atoms with E-state index in [2.05, 4.69) is 16.0 Å². The predicted octanol–water partition coefficient (Wildman–Crippen LogP) is 5.76. The minimum atomic E-state index is -0.383. The molecule has 0 heterocycles. The molecule has 0 aliphatic rings. The predicted molar refractivity (Wildman–Crippen MR) is 138 cm³/mol. The first-order chi connectivity index (χ1) is 16.5. The Balaban J connectivity index is 1.36. The van der Waals surface area contributed by atoms with E-state index in [1.54, 1.807) is 30.3 Å². The smallest absolute Gasteiger partial charge is 0.255 e. The van der Waals surface area contributed by atoms with Crippen LogP contribution in [-0.4, -0.2) is 16.9 Å². The fourth-order valence-electron chi connectivity index (χ4n) is 3.35. The second-order valence-electron chi connectivity index (χ2n) is 7.39. The lowest BCUT2D eigenvalue weighted by Crippen LogP contribution is -2.32. The van der Waals surface area contributed by atoms with Crippen molar-refractivity contribution in [3.8, 4) is 0 Å². The third-order valence-electron chi connectivity index (χ3n) is 4.96. The average molecular weight is 470 g/mol. The molecule has 5 nitrogen and oxygen atoms in total. The van der Waals surface area contributed by atoms with E-state index in [1.807, 2.05) is 42.5 Å². The standard InChI is InChI=1S/C27H20FN3O2S/c28-21-12-14-22(15-13-21)29-26(33)20-8-4-9-23(17-20)30-27(34)31-25(32)16-11-19-7-3-6-18-5-1-2-10-24(18)19/h1-17H,(H,29,33)(H2,30,31,32,34)/b16-11+. The molecule has 0 unspecified atom stereocenters. The molecule has 0 bridgehead atoms. The summed E-state index contributed by atoms with van der Waals surface area (Å²) >= 11 is 5.23. The molecule has 4 rings (SSSR count). The molecule has 0 aliphatic carbocycles. The first-order valence-corrected chi connectivity index (χ1v) is 10.8. The summed E-state index contributed by atoms with van der Waals surface area (Å²) in [6.07, 6.45) is 3.16. The van der Waals surface area contributed by atoms with Crippen molar-refractivity contribution in [3.63, 3.8) is 0 Å². The number of thiocarbonyl (C=S) groups is 1. The van der Waals surface area contributed by atoms with Crippen LogP contribution in [0.4, 0.5) is 15.8 Å². The van der Waals surface area contributed by atoms with E-state index in [-0.39, 0.29) is 22.7 Å². The van der Waals surface area contributed by atoms with Gasteiger partial charge in [0.15, 0.2) is 5.11 Å². The number of rotatable bonds is 5. The van der Waals surface area contributed by atoms with E-state index >= 15 is 0 Å². The summed E-state index contributed by atoms with van der Waals surface area (Å²) in [6.45, 7) is 0. The number of carbonyl (C=O) groups is 2. The van der Waals surface area contributed by atoms with Gasteiger partial charge in [0.25, 0.3) is 5.91 Å². The lowest BCUT2D eigenvalue weighted by molar-refractivity contribution is -0.115. The lowest BCUT2D eigenvalue weighted by Gasteiger charge is -2.10. The van der Waals surface area contributed by atoms with Crippen LogP contribution >= 0.6 is 12.2 Å². The number of hydrogen-bond donors (Lipinski definition) is 3. The van der Waals surface area contributed by atoms with Crippen LogP contribution < -0.4 is 16.0 Å².